The average molecular weight is 405 g/mol. The Morgan fingerprint density at radius 2 is 1.50 bits per heavy atom. The molecule has 0 spiro atoms. The zero-order valence-electron chi connectivity index (χ0n) is 20.3. The van der Waals surface area contributed by atoms with E-state index in [0.717, 1.165) is 11.8 Å². The molecule has 5 unspecified atom stereocenters. The van der Waals surface area contributed by atoms with Crippen LogP contribution in [0.3, 0.4) is 0 Å². The largest absolute Gasteiger partial charge is 0.305 e. The van der Waals surface area contributed by atoms with E-state index in [1.807, 2.05) is 0 Å². The first kappa shape index (κ1) is 20.5. The number of benzene rings is 1. The van der Waals surface area contributed by atoms with Gasteiger partial charge in [-0.2, -0.15) is 0 Å². The number of rotatable bonds is 1. The minimum Gasteiger partial charge on any atom is -0.305 e. The normalized spacial score (nSPS) is 37.8. The van der Waals surface area contributed by atoms with Crippen LogP contribution >= 0.6 is 0 Å². The Morgan fingerprint density at radius 3 is 2.10 bits per heavy atom. The highest BCUT2D eigenvalue weighted by molar-refractivity contribution is 5.91. The van der Waals surface area contributed by atoms with Crippen molar-refractivity contribution in [3.05, 3.63) is 52.1 Å². The van der Waals surface area contributed by atoms with Gasteiger partial charge in [0.25, 0.3) is 0 Å². The van der Waals surface area contributed by atoms with Gasteiger partial charge < -0.3 is 5.73 Å². The maximum atomic E-state index is 7.34. The molecule has 1 saturated carbocycles. The van der Waals surface area contributed by atoms with Crippen LogP contribution in [0.4, 0.5) is 0 Å². The lowest BCUT2D eigenvalue weighted by molar-refractivity contribution is 0.209. The van der Waals surface area contributed by atoms with Crippen LogP contribution in [0.1, 0.15) is 83.1 Å². The number of allylic oxidation sites excluding steroid dienone is 2. The smallest absolute Gasteiger partial charge is 0.122 e. The number of fused-ring (bicyclic) bond motifs is 5. The monoisotopic (exact) mass is 404 g/mol. The van der Waals surface area contributed by atoms with Crippen molar-refractivity contribution >= 4 is 5.57 Å². The average Bonchev–Trinajstić information content (AvgIpc) is 3.09. The molecule has 5 rings (SSSR count). The molecule has 0 radical (unpaired) electrons. The number of nitrogens with two attached hydrogens (primary N) is 1. The molecule has 30 heavy (non-hydrogen) atoms. The fraction of sp³-hybridized carbons (Fsp3) is 0.643. The van der Waals surface area contributed by atoms with Crippen LogP contribution in [0.15, 0.2) is 29.9 Å². The number of hydrogen-bond acceptors (Lipinski definition) is 2. The number of nitrogens with zero attached hydrogens (tertiary/aromatic N) is 1. The molecule has 0 aliphatic heterocycles. The first-order chi connectivity index (χ1) is 13.9. The van der Waals surface area contributed by atoms with E-state index in [9.17, 15) is 0 Å². The highest BCUT2D eigenvalue weighted by Gasteiger charge is 2.51. The first-order valence-corrected chi connectivity index (χ1v) is 12.0. The summed E-state index contributed by atoms with van der Waals surface area (Å²) < 4.78 is 0. The van der Waals surface area contributed by atoms with Gasteiger partial charge in [-0.1, -0.05) is 59.8 Å². The van der Waals surface area contributed by atoms with E-state index in [0.29, 0.717) is 11.8 Å². The number of hydrogen-bond donors (Lipinski definition) is 1. The van der Waals surface area contributed by atoms with E-state index in [2.05, 4.69) is 84.8 Å². The van der Waals surface area contributed by atoms with Crippen molar-refractivity contribution in [3.8, 4) is 0 Å². The van der Waals surface area contributed by atoms with Crippen LogP contribution in [0, 0.1) is 23.7 Å². The Balaban J connectivity index is 1.78. The third-order valence-corrected chi connectivity index (χ3v) is 9.48. The second-order valence-corrected chi connectivity index (χ2v) is 12.3. The second kappa shape index (κ2) is 6.11. The summed E-state index contributed by atoms with van der Waals surface area (Å²) in [6.45, 7) is 14.5. The summed E-state index contributed by atoms with van der Waals surface area (Å²) in [4.78, 5) is 2.25. The van der Waals surface area contributed by atoms with Crippen LogP contribution in [0.25, 0.3) is 5.57 Å². The quantitative estimate of drug-likeness (QED) is 0.586. The zero-order valence-corrected chi connectivity index (χ0v) is 20.3. The third-order valence-electron chi connectivity index (χ3n) is 9.48. The van der Waals surface area contributed by atoms with Gasteiger partial charge in [0.15, 0.2) is 0 Å². The molecule has 0 aromatic heterocycles. The maximum Gasteiger partial charge on any atom is 0.122 e. The second-order valence-electron chi connectivity index (χ2n) is 12.3. The molecule has 1 fully saturated rings. The van der Waals surface area contributed by atoms with Crippen molar-refractivity contribution in [2.45, 2.75) is 77.3 Å². The highest BCUT2D eigenvalue weighted by Crippen LogP contribution is 2.58. The Hall–Kier alpha value is -1.38. The summed E-state index contributed by atoms with van der Waals surface area (Å²) in [5, 5.41) is 0. The van der Waals surface area contributed by atoms with Crippen molar-refractivity contribution in [1.82, 2.24) is 4.90 Å². The van der Waals surface area contributed by atoms with Crippen LogP contribution in [-0.2, 0) is 16.5 Å². The molecule has 4 aliphatic carbocycles. The lowest BCUT2D eigenvalue weighted by atomic mass is 9.62. The molecular formula is C28H40N2. The lowest BCUT2D eigenvalue weighted by Gasteiger charge is -2.43. The van der Waals surface area contributed by atoms with Gasteiger partial charge in [-0.25, -0.2) is 0 Å². The highest BCUT2D eigenvalue weighted by atomic mass is 15.2. The molecule has 2 nitrogen and oxygen atoms in total. The van der Waals surface area contributed by atoms with Gasteiger partial charge >= 0.3 is 0 Å². The molecule has 5 atom stereocenters. The first-order valence-electron chi connectivity index (χ1n) is 12.0. The van der Waals surface area contributed by atoms with Crippen molar-refractivity contribution in [2.24, 2.45) is 29.4 Å². The predicted molar refractivity (Wildman–Crippen MR) is 127 cm³/mol. The summed E-state index contributed by atoms with van der Waals surface area (Å²) in [7, 11) is 4.30. The van der Waals surface area contributed by atoms with Gasteiger partial charge in [0.05, 0.1) is 0 Å². The minimum absolute atomic E-state index is 0.198. The van der Waals surface area contributed by atoms with E-state index in [4.69, 9.17) is 5.73 Å². The molecule has 1 aromatic carbocycles. The van der Waals surface area contributed by atoms with Crippen molar-refractivity contribution in [3.63, 3.8) is 0 Å². The molecule has 1 aromatic rings. The van der Waals surface area contributed by atoms with E-state index >= 15 is 0 Å². The van der Waals surface area contributed by atoms with Crippen LogP contribution in [0.5, 0.6) is 0 Å². The van der Waals surface area contributed by atoms with Crippen LogP contribution < -0.4 is 5.73 Å². The minimum atomic E-state index is -0.537. The van der Waals surface area contributed by atoms with E-state index in [1.165, 1.54) is 52.7 Å². The van der Waals surface area contributed by atoms with Crippen molar-refractivity contribution < 1.29 is 0 Å². The Kier molecular flexibility index (Phi) is 4.18. The molecule has 4 aliphatic rings. The molecule has 0 saturated heterocycles. The topological polar surface area (TPSA) is 29.3 Å². The summed E-state index contributed by atoms with van der Waals surface area (Å²) in [5.74, 6) is 2.79. The molecule has 2 N–H and O–H groups in total. The standard InChI is InChI=1S/C28H40N2/c1-16-11-18-12-20-21-14-24-25(27(5,6)10-9-26(24,3)4)15-23(21)28(29,30(7)8)22(20)13-19(18)17(16)2/h12-19H,9-11,29H2,1-8H3. The summed E-state index contributed by atoms with van der Waals surface area (Å²) in [6, 6.07) is 5.03. The van der Waals surface area contributed by atoms with E-state index in [-0.39, 0.29) is 10.8 Å². The third kappa shape index (κ3) is 2.50. The molecule has 162 valence electrons. The molecule has 0 amide bonds. The van der Waals surface area contributed by atoms with Gasteiger partial charge in [0.1, 0.15) is 5.66 Å². The van der Waals surface area contributed by atoms with Gasteiger partial charge in [-0.3, -0.25) is 4.90 Å². The fourth-order valence-corrected chi connectivity index (χ4v) is 6.96. The van der Waals surface area contributed by atoms with Crippen LogP contribution in [0.2, 0.25) is 0 Å². The van der Waals surface area contributed by atoms with E-state index in [1.54, 1.807) is 0 Å². The molecular weight excluding hydrogens is 364 g/mol. The molecule has 0 bridgehead atoms. The lowest BCUT2D eigenvalue weighted by Crippen LogP contribution is -2.50. The fourth-order valence-electron chi connectivity index (χ4n) is 6.96. The van der Waals surface area contributed by atoms with Crippen molar-refractivity contribution in [1.29, 1.82) is 0 Å². The van der Waals surface area contributed by atoms with Gasteiger partial charge in [0.2, 0.25) is 0 Å². The zero-order chi connectivity index (χ0) is 21.8. The van der Waals surface area contributed by atoms with Crippen molar-refractivity contribution in [2.75, 3.05) is 14.1 Å². The summed E-state index contributed by atoms with van der Waals surface area (Å²) >= 11 is 0. The van der Waals surface area contributed by atoms with Gasteiger partial charge in [0, 0.05) is 0 Å². The number of likely N-dealkylation sites (N-methyl/N-ethyl adjacent to an activating group) is 1. The molecule has 2 heteroatoms. The van der Waals surface area contributed by atoms with Gasteiger partial charge in [-0.15, -0.1) is 0 Å². The summed E-state index contributed by atoms with van der Waals surface area (Å²) in [5.41, 5.74) is 15.7. The summed E-state index contributed by atoms with van der Waals surface area (Å²) in [6.07, 6.45) is 8.95. The van der Waals surface area contributed by atoms with E-state index < -0.39 is 5.66 Å². The van der Waals surface area contributed by atoms with Gasteiger partial charge in [-0.05, 0) is 107 Å². The Morgan fingerprint density at radius 1 is 0.900 bits per heavy atom. The van der Waals surface area contributed by atoms with Crippen LogP contribution in [-0.4, -0.2) is 19.0 Å². The SMILES string of the molecule is CC1CC2C=C3C(=CC2C1C)C(N)(N(C)C)c1cc2c(cc13)C(C)(C)CCC2(C)C. The predicted octanol–water partition coefficient (Wildman–Crippen LogP) is 5.95. The molecule has 0 heterocycles. The Bertz CT molecular complexity index is 977. The Labute approximate surface area is 183 Å². The maximum absolute atomic E-state index is 7.34.